The largest absolute Gasteiger partial charge is 0.279 e. The van der Waals surface area contributed by atoms with Crippen molar-refractivity contribution in [3.63, 3.8) is 0 Å². The van der Waals surface area contributed by atoms with Gasteiger partial charge in [-0.3, -0.25) is 0 Å². The minimum Gasteiger partial charge on any atom is -0.199 e. The highest BCUT2D eigenvalue weighted by molar-refractivity contribution is 7.87. The number of rotatable bonds is 4. The van der Waals surface area contributed by atoms with Crippen molar-refractivity contribution in [2.45, 2.75) is 64.0 Å². The molecule has 1 aliphatic carbocycles. The number of piperidine rings is 1. The van der Waals surface area contributed by atoms with Crippen LogP contribution in [0.3, 0.4) is 0 Å². The molecule has 0 bridgehead atoms. The zero-order valence-corrected chi connectivity index (χ0v) is 13.2. The van der Waals surface area contributed by atoms with Gasteiger partial charge in [0, 0.05) is 24.5 Å². The molecule has 1 heterocycles. The highest BCUT2D eigenvalue weighted by atomic mass is 35.5. The molecule has 19 heavy (non-hydrogen) atoms. The van der Waals surface area contributed by atoms with Crippen molar-refractivity contribution >= 4 is 21.8 Å². The molecule has 2 fully saturated rings. The van der Waals surface area contributed by atoms with Gasteiger partial charge in [-0.15, -0.1) is 11.6 Å². The standard InChI is InChI=1S/C13H25ClN2O2S/c1-11-6-4-5-9-16(11)19(17,18)15-13-8-3-2-7-12(13)10-14/h11-13,15H,2-10H2,1H3. The Kier molecular flexibility index (Phi) is 5.52. The molecule has 4 nitrogen and oxygen atoms in total. The summed E-state index contributed by atoms with van der Waals surface area (Å²) in [5, 5.41) is 0. The third kappa shape index (κ3) is 3.84. The molecule has 0 spiro atoms. The molecule has 1 N–H and O–H groups in total. The molecule has 0 amide bonds. The number of hydrogen-bond donors (Lipinski definition) is 1. The summed E-state index contributed by atoms with van der Waals surface area (Å²) in [7, 11) is -3.35. The first-order valence-corrected chi connectivity index (χ1v) is 9.37. The minimum atomic E-state index is -3.35. The first-order chi connectivity index (χ1) is 9.04. The van der Waals surface area contributed by atoms with Crippen LogP contribution in [0.1, 0.15) is 51.9 Å². The van der Waals surface area contributed by atoms with Crippen LogP contribution in [0, 0.1) is 5.92 Å². The van der Waals surface area contributed by atoms with Crippen molar-refractivity contribution in [1.29, 1.82) is 0 Å². The highest BCUT2D eigenvalue weighted by Crippen LogP contribution is 2.27. The molecule has 2 rings (SSSR count). The van der Waals surface area contributed by atoms with Gasteiger partial charge in [-0.05, 0) is 38.5 Å². The lowest BCUT2D eigenvalue weighted by atomic mass is 9.86. The van der Waals surface area contributed by atoms with Crippen LogP contribution in [0.2, 0.25) is 0 Å². The first-order valence-electron chi connectivity index (χ1n) is 7.39. The maximum absolute atomic E-state index is 12.5. The highest BCUT2D eigenvalue weighted by Gasteiger charge is 2.34. The molecule has 0 aromatic carbocycles. The van der Waals surface area contributed by atoms with Gasteiger partial charge in [0.25, 0.3) is 10.2 Å². The van der Waals surface area contributed by atoms with Gasteiger partial charge in [0.2, 0.25) is 0 Å². The monoisotopic (exact) mass is 308 g/mol. The molecular formula is C13H25ClN2O2S. The van der Waals surface area contributed by atoms with E-state index in [1.165, 1.54) is 0 Å². The summed E-state index contributed by atoms with van der Waals surface area (Å²) in [5.41, 5.74) is 0. The molecule has 1 saturated carbocycles. The fourth-order valence-corrected chi connectivity index (χ4v) is 5.38. The normalized spacial score (nSPS) is 34.3. The smallest absolute Gasteiger partial charge is 0.199 e. The van der Waals surface area contributed by atoms with Gasteiger partial charge in [0.05, 0.1) is 0 Å². The minimum absolute atomic E-state index is 0.0189. The maximum atomic E-state index is 12.5. The molecule has 3 unspecified atom stereocenters. The van der Waals surface area contributed by atoms with Crippen LogP contribution >= 0.6 is 11.6 Å². The Balaban J connectivity index is 2.03. The van der Waals surface area contributed by atoms with E-state index in [4.69, 9.17) is 11.6 Å². The summed E-state index contributed by atoms with van der Waals surface area (Å²) in [5.74, 6) is 0.827. The summed E-state index contributed by atoms with van der Waals surface area (Å²) in [6, 6.07) is 0.134. The lowest BCUT2D eigenvalue weighted by Gasteiger charge is -2.36. The Morgan fingerprint density at radius 1 is 1.16 bits per heavy atom. The summed E-state index contributed by atoms with van der Waals surface area (Å²) >= 11 is 5.97. The van der Waals surface area contributed by atoms with E-state index in [-0.39, 0.29) is 18.0 Å². The molecule has 1 aliphatic heterocycles. The van der Waals surface area contributed by atoms with Crippen molar-refractivity contribution in [3.05, 3.63) is 0 Å². The SMILES string of the molecule is CC1CCCCN1S(=O)(=O)NC1CCCCC1CCl. The van der Waals surface area contributed by atoms with Crippen LogP contribution in [-0.4, -0.2) is 37.2 Å². The van der Waals surface area contributed by atoms with Gasteiger partial charge >= 0.3 is 0 Å². The average Bonchev–Trinajstić information content (AvgIpc) is 2.39. The van der Waals surface area contributed by atoms with E-state index in [9.17, 15) is 8.42 Å². The molecular weight excluding hydrogens is 284 g/mol. The molecule has 6 heteroatoms. The maximum Gasteiger partial charge on any atom is 0.279 e. The van der Waals surface area contributed by atoms with Gasteiger partial charge in [0.1, 0.15) is 0 Å². The average molecular weight is 309 g/mol. The zero-order valence-electron chi connectivity index (χ0n) is 11.6. The molecule has 0 radical (unpaired) electrons. The van der Waals surface area contributed by atoms with Crippen LogP contribution in [0.15, 0.2) is 0 Å². The summed E-state index contributed by atoms with van der Waals surface area (Å²) in [6.45, 7) is 2.65. The third-order valence-corrected chi connectivity index (χ3v) is 6.62. The van der Waals surface area contributed by atoms with E-state index >= 15 is 0 Å². The number of hydrogen-bond acceptors (Lipinski definition) is 2. The predicted octanol–water partition coefficient (Wildman–Crippen LogP) is 2.49. The van der Waals surface area contributed by atoms with Gasteiger partial charge in [0.15, 0.2) is 0 Å². The van der Waals surface area contributed by atoms with E-state index in [0.29, 0.717) is 12.4 Å². The van der Waals surface area contributed by atoms with Crippen LogP contribution < -0.4 is 4.72 Å². The van der Waals surface area contributed by atoms with Crippen molar-refractivity contribution in [2.75, 3.05) is 12.4 Å². The van der Waals surface area contributed by atoms with Crippen LogP contribution in [-0.2, 0) is 10.2 Å². The van der Waals surface area contributed by atoms with E-state index in [1.54, 1.807) is 4.31 Å². The quantitative estimate of drug-likeness (QED) is 0.811. The van der Waals surface area contributed by atoms with Gasteiger partial charge < -0.3 is 0 Å². The Morgan fingerprint density at radius 2 is 1.84 bits per heavy atom. The van der Waals surface area contributed by atoms with Crippen LogP contribution in [0.5, 0.6) is 0 Å². The van der Waals surface area contributed by atoms with E-state index < -0.39 is 10.2 Å². The van der Waals surface area contributed by atoms with Crippen molar-refractivity contribution < 1.29 is 8.42 Å². The Morgan fingerprint density at radius 3 is 2.53 bits per heavy atom. The van der Waals surface area contributed by atoms with Crippen LogP contribution in [0.25, 0.3) is 0 Å². The second kappa shape index (κ2) is 6.74. The molecule has 0 aromatic heterocycles. The molecule has 1 saturated heterocycles. The topological polar surface area (TPSA) is 49.4 Å². The van der Waals surface area contributed by atoms with Crippen molar-refractivity contribution in [3.8, 4) is 0 Å². The van der Waals surface area contributed by atoms with Gasteiger partial charge in [-0.2, -0.15) is 17.4 Å². The van der Waals surface area contributed by atoms with Gasteiger partial charge in [-0.1, -0.05) is 19.3 Å². The second-order valence-electron chi connectivity index (χ2n) is 5.88. The lowest BCUT2D eigenvalue weighted by molar-refractivity contribution is 0.253. The lowest BCUT2D eigenvalue weighted by Crippen LogP contribution is -2.53. The Bertz CT molecular complexity index is 388. The molecule has 2 aliphatic rings. The van der Waals surface area contributed by atoms with Crippen LogP contribution in [0.4, 0.5) is 0 Å². The van der Waals surface area contributed by atoms with Gasteiger partial charge in [-0.25, -0.2) is 0 Å². The van der Waals surface area contributed by atoms with E-state index in [2.05, 4.69) is 4.72 Å². The predicted molar refractivity (Wildman–Crippen MR) is 78.5 cm³/mol. The van der Waals surface area contributed by atoms with E-state index in [0.717, 1.165) is 44.9 Å². The summed E-state index contributed by atoms with van der Waals surface area (Å²) in [4.78, 5) is 0. The fourth-order valence-electron chi connectivity index (χ4n) is 3.24. The molecule has 3 atom stereocenters. The fraction of sp³-hybridized carbons (Fsp3) is 1.00. The number of alkyl halides is 1. The third-order valence-electron chi connectivity index (χ3n) is 4.46. The Hall–Kier alpha value is 0.160. The summed E-state index contributed by atoms with van der Waals surface area (Å²) in [6.07, 6.45) is 7.26. The number of halogens is 1. The van der Waals surface area contributed by atoms with E-state index in [1.807, 2.05) is 6.92 Å². The zero-order chi connectivity index (χ0) is 13.9. The number of nitrogens with one attached hydrogen (secondary N) is 1. The summed E-state index contributed by atoms with van der Waals surface area (Å²) < 4.78 is 29.5. The molecule has 112 valence electrons. The van der Waals surface area contributed by atoms with Crippen molar-refractivity contribution in [1.82, 2.24) is 9.03 Å². The van der Waals surface area contributed by atoms with Crippen molar-refractivity contribution in [2.24, 2.45) is 5.92 Å². The Labute approximate surface area is 122 Å². The molecule has 0 aromatic rings. The number of nitrogens with zero attached hydrogens (tertiary/aromatic N) is 1. The second-order valence-corrected chi connectivity index (χ2v) is 7.85. The first kappa shape index (κ1) is 15.5.